The molecule has 0 fully saturated rings. The summed E-state index contributed by atoms with van der Waals surface area (Å²) in [7, 11) is -3.73. The van der Waals surface area contributed by atoms with Crippen LogP contribution in [0, 0.1) is 0 Å². The molecule has 0 aliphatic carbocycles. The molecule has 4 rings (SSSR count). The van der Waals surface area contributed by atoms with Crippen molar-refractivity contribution in [2.75, 3.05) is 6.79 Å². The Bertz CT molecular complexity index is 1090. The van der Waals surface area contributed by atoms with Crippen LogP contribution in [0.2, 0.25) is 0 Å². The summed E-state index contributed by atoms with van der Waals surface area (Å²) in [6.45, 7) is 4.38. The fourth-order valence-corrected chi connectivity index (χ4v) is 5.61. The number of hydrogen-bond acceptors (Lipinski definition) is 6. The van der Waals surface area contributed by atoms with E-state index in [9.17, 15) is 8.42 Å². The topological polar surface area (TPSA) is 69.9 Å². The fraction of sp³-hybridized carbons (Fsp3) is 0.133. The molecule has 1 aliphatic heterocycles. The molecule has 0 spiro atoms. The minimum atomic E-state index is -3.73. The smallest absolute Gasteiger partial charge is 0.294 e. The van der Waals surface area contributed by atoms with Gasteiger partial charge in [0, 0.05) is 18.7 Å². The predicted octanol–water partition coefficient (Wildman–Crippen LogP) is 2.97. The summed E-state index contributed by atoms with van der Waals surface area (Å²) in [5.74, 6) is 1.30. The van der Waals surface area contributed by atoms with Crippen molar-refractivity contribution in [1.29, 1.82) is 0 Å². The van der Waals surface area contributed by atoms with Crippen LogP contribution in [-0.2, 0) is 16.6 Å². The van der Waals surface area contributed by atoms with Gasteiger partial charge in [0.15, 0.2) is 11.5 Å². The van der Waals surface area contributed by atoms with E-state index in [1.807, 2.05) is 12.1 Å². The van der Waals surface area contributed by atoms with Crippen molar-refractivity contribution < 1.29 is 17.9 Å². The highest BCUT2D eigenvalue weighted by atomic mass is 32.2. The van der Waals surface area contributed by atoms with Crippen molar-refractivity contribution >= 4 is 42.9 Å². The Balaban J connectivity index is 1.97. The maximum Gasteiger partial charge on any atom is 0.294 e. The lowest BCUT2D eigenvalue weighted by Gasteiger charge is -2.02. The molecular weight excluding hydrogens is 368 g/mol. The standard InChI is InChI=1S/C15H12N2O4S3/c1-2-5-17-10-7-11-12(21-9-20-11)8-13(10)23-15(17)16-24(18,19)14-4-3-6-22-14/h2-4,6-8H,1,5,9H2/b16-15-. The highest BCUT2D eigenvalue weighted by Gasteiger charge is 2.19. The highest BCUT2D eigenvalue weighted by molar-refractivity contribution is 7.92. The molecule has 3 heterocycles. The zero-order valence-corrected chi connectivity index (χ0v) is 14.8. The first-order valence-electron chi connectivity index (χ1n) is 6.97. The molecule has 9 heteroatoms. The second kappa shape index (κ2) is 5.76. The lowest BCUT2D eigenvalue weighted by atomic mass is 10.3. The van der Waals surface area contributed by atoms with Crippen LogP contribution in [-0.4, -0.2) is 19.8 Å². The molecule has 1 aliphatic rings. The molecule has 0 N–H and O–H groups in total. The molecule has 3 aromatic rings. The number of rotatable bonds is 4. The summed E-state index contributed by atoms with van der Waals surface area (Å²) in [5.41, 5.74) is 0.837. The number of aromatic nitrogens is 1. The molecule has 0 amide bonds. The van der Waals surface area contributed by atoms with Crippen LogP contribution in [0.25, 0.3) is 10.2 Å². The van der Waals surface area contributed by atoms with Crippen molar-refractivity contribution in [2.24, 2.45) is 4.40 Å². The van der Waals surface area contributed by atoms with Crippen LogP contribution >= 0.6 is 22.7 Å². The summed E-state index contributed by atoms with van der Waals surface area (Å²) in [6, 6.07) is 6.92. The van der Waals surface area contributed by atoms with Gasteiger partial charge in [-0.1, -0.05) is 23.5 Å². The minimum Gasteiger partial charge on any atom is -0.454 e. The number of ether oxygens (including phenoxy) is 2. The predicted molar refractivity (Wildman–Crippen MR) is 93.2 cm³/mol. The molecule has 124 valence electrons. The molecular formula is C15H12N2O4S3. The maximum atomic E-state index is 12.5. The van der Waals surface area contributed by atoms with Crippen molar-refractivity contribution in [3.63, 3.8) is 0 Å². The van der Waals surface area contributed by atoms with Gasteiger partial charge >= 0.3 is 0 Å². The Morgan fingerprint density at radius 3 is 2.83 bits per heavy atom. The number of hydrogen-bond donors (Lipinski definition) is 0. The summed E-state index contributed by atoms with van der Waals surface area (Å²) < 4.78 is 42.6. The largest absolute Gasteiger partial charge is 0.454 e. The molecule has 0 atom stereocenters. The summed E-state index contributed by atoms with van der Waals surface area (Å²) >= 11 is 2.44. The minimum absolute atomic E-state index is 0.193. The van der Waals surface area contributed by atoms with E-state index in [0.717, 1.165) is 21.6 Å². The van der Waals surface area contributed by atoms with E-state index in [2.05, 4.69) is 11.0 Å². The summed E-state index contributed by atoms with van der Waals surface area (Å²) in [4.78, 5) is 0.391. The zero-order valence-electron chi connectivity index (χ0n) is 12.3. The number of thiazole rings is 1. The molecule has 6 nitrogen and oxygen atoms in total. The van der Waals surface area contributed by atoms with E-state index in [1.165, 1.54) is 11.3 Å². The van der Waals surface area contributed by atoms with Crippen molar-refractivity contribution in [3.8, 4) is 11.5 Å². The van der Waals surface area contributed by atoms with E-state index >= 15 is 0 Å². The number of sulfonamides is 1. The van der Waals surface area contributed by atoms with Crippen LogP contribution in [0.5, 0.6) is 11.5 Å². The number of benzene rings is 1. The number of nitrogens with zero attached hydrogens (tertiary/aromatic N) is 2. The van der Waals surface area contributed by atoms with E-state index in [1.54, 1.807) is 28.2 Å². The van der Waals surface area contributed by atoms with Crippen LogP contribution < -0.4 is 14.3 Å². The Labute approximate surface area is 146 Å². The van der Waals surface area contributed by atoms with Gasteiger partial charge in [-0.3, -0.25) is 0 Å². The second-order valence-electron chi connectivity index (χ2n) is 4.96. The molecule has 0 saturated heterocycles. The number of allylic oxidation sites excluding steroid dienone is 1. The Hall–Kier alpha value is -2.10. The fourth-order valence-electron chi connectivity index (χ4n) is 2.39. The summed E-state index contributed by atoms with van der Waals surface area (Å²) in [5, 5.41) is 1.71. The Morgan fingerprint density at radius 2 is 2.12 bits per heavy atom. The summed E-state index contributed by atoms with van der Waals surface area (Å²) in [6.07, 6.45) is 1.70. The second-order valence-corrected chi connectivity index (χ2v) is 8.74. The van der Waals surface area contributed by atoms with Gasteiger partial charge in [-0.05, 0) is 11.4 Å². The SMILES string of the molecule is C=CCn1/c(=N/S(=O)(=O)c2cccs2)sc2cc3c(cc21)OCO3. The van der Waals surface area contributed by atoms with Crippen molar-refractivity contribution in [1.82, 2.24) is 4.57 Å². The van der Waals surface area contributed by atoms with E-state index in [0.29, 0.717) is 22.8 Å². The van der Waals surface area contributed by atoms with Gasteiger partial charge in [-0.15, -0.1) is 22.3 Å². The van der Waals surface area contributed by atoms with E-state index < -0.39 is 10.0 Å². The normalized spacial score (nSPS) is 14.4. The van der Waals surface area contributed by atoms with Crippen LogP contribution in [0.15, 0.2) is 50.9 Å². The third kappa shape index (κ3) is 2.54. The van der Waals surface area contributed by atoms with Gasteiger partial charge in [0.05, 0.1) is 10.2 Å². The molecule has 24 heavy (non-hydrogen) atoms. The molecule has 0 bridgehead atoms. The average molecular weight is 380 g/mol. The molecule has 0 radical (unpaired) electrons. The monoisotopic (exact) mass is 380 g/mol. The third-order valence-corrected chi connectivity index (χ3v) is 7.23. The van der Waals surface area contributed by atoms with Gasteiger partial charge in [-0.2, -0.15) is 8.42 Å². The van der Waals surface area contributed by atoms with Gasteiger partial charge in [0.25, 0.3) is 10.0 Å². The van der Waals surface area contributed by atoms with Gasteiger partial charge in [0.1, 0.15) is 4.21 Å². The van der Waals surface area contributed by atoms with Crippen LogP contribution in [0.3, 0.4) is 0 Å². The quantitative estimate of drug-likeness (QED) is 0.653. The zero-order chi connectivity index (χ0) is 16.7. The lowest BCUT2D eigenvalue weighted by molar-refractivity contribution is 0.174. The number of fused-ring (bicyclic) bond motifs is 2. The van der Waals surface area contributed by atoms with Crippen molar-refractivity contribution in [3.05, 3.63) is 47.1 Å². The first-order valence-corrected chi connectivity index (χ1v) is 10.1. The first kappa shape index (κ1) is 15.4. The van der Waals surface area contributed by atoms with E-state index in [-0.39, 0.29) is 11.0 Å². The number of thiophene rings is 1. The van der Waals surface area contributed by atoms with Gasteiger partial charge in [0.2, 0.25) is 11.6 Å². The Kier molecular flexibility index (Phi) is 3.70. The molecule has 0 saturated carbocycles. The lowest BCUT2D eigenvalue weighted by Crippen LogP contribution is -2.16. The van der Waals surface area contributed by atoms with Crippen LogP contribution in [0.4, 0.5) is 0 Å². The van der Waals surface area contributed by atoms with Gasteiger partial charge in [-0.25, -0.2) is 0 Å². The van der Waals surface area contributed by atoms with Crippen LogP contribution in [0.1, 0.15) is 0 Å². The molecule has 1 aromatic carbocycles. The molecule has 2 aromatic heterocycles. The van der Waals surface area contributed by atoms with Crippen molar-refractivity contribution in [2.45, 2.75) is 10.8 Å². The average Bonchev–Trinajstić information content (AvgIpc) is 3.26. The first-order chi connectivity index (χ1) is 11.6. The molecule has 0 unspecified atom stereocenters. The van der Waals surface area contributed by atoms with Gasteiger partial charge < -0.3 is 14.0 Å². The Morgan fingerprint density at radius 1 is 1.33 bits per heavy atom. The third-order valence-electron chi connectivity index (χ3n) is 3.44. The van der Waals surface area contributed by atoms with E-state index in [4.69, 9.17) is 9.47 Å². The highest BCUT2D eigenvalue weighted by Crippen LogP contribution is 2.37. The maximum absolute atomic E-state index is 12.5.